The molecular weight excluding hydrogens is 848 g/mol. The van der Waals surface area contributed by atoms with Gasteiger partial charge in [-0.05, 0) is 93.9 Å². The van der Waals surface area contributed by atoms with E-state index in [1.807, 2.05) is 36.4 Å². The number of fused-ring (bicyclic) bond motifs is 5. The molecule has 0 unspecified atom stereocenters. The minimum absolute atomic E-state index is 0.0225. The second-order valence-corrected chi connectivity index (χ2v) is 20.5. The second-order valence-electron chi connectivity index (χ2n) is 18.1. The van der Waals surface area contributed by atoms with Crippen LogP contribution in [0, 0.1) is 5.92 Å². The van der Waals surface area contributed by atoms with Gasteiger partial charge in [-0.2, -0.15) is 4.98 Å². The van der Waals surface area contributed by atoms with E-state index < -0.39 is 68.7 Å². The van der Waals surface area contributed by atoms with Crippen molar-refractivity contribution in [1.82, 2.24) is 30.2 Å². The molecule has 0 radical (unpaired) electrons. The molecule has 0 spiro atoms. The van der Waals surface area contributed by atoms with E-state index in [-0.39, 0.29) is 37.0 Å². The van der Waals surface area contributed by atoms with E-state index >= 15 is 0 Å². The number of nitrogens with zero attached hydrogens (tertiary/aromatic N) is 3. The quantitative estimate of drug-likeness (QED) is 0.144. The number of hydrogen-bond acceptors (Lipinski definition) is 11. The van der Waals surface area contributed by atoms with Gasteiger partial charge in [-0.3, -0.25) is 19.1 Å². The number of rotatable bonds is 9. The van der Waals surface area contributed by atoms with Crippen LogP contribution in [0.15, 0.2) is 59.0 Å². The maximum Gasteiger partial charge on any atom is 0.408 e. The van der Waals surface area contributed by atoms with E-state index in [2.05, 4.69) is 29.2 Å². The van der Waals surface area contributed by atoms with Gasteiger partial charge in [0.25, 0.3) is 11.8 Å². The van der Waals surface area contributed by atoms with Crippen molar-refractivity contribution in [3.8, 4) is 17.3 Å². The third-order valence-corrected chi connectivity index (χ3v) is 15.1. The van der Waals surface area contributed by atoms with E-state index in [9.17, 15) is 27.6 Å². The molecular formula is C46H53ClN6O9S. The van der Waals surface area contributed by atoms with E-state index in [1.54, 1.807) is 18.2 Å². The largest absolute Gasteiger partial charge is 0.470 e. The van der Waals surface area contributed by atoms with Crippen LogP contribution >= 0.6 is 11.6 Å². The van der Waals surface area contributed by atoms with Gasteiger partial charge in [-0.1, -0.05) is 74.7 Å². The number of halogens is 1. The predicted octanol–water partition coefficient (Wildman–Crippen LogP) is 7.21. The molecule has 4 amide bonds. The van der Waals surface area contributed by atoms with Gasteiger partial charge in [0.15, 0.2) is 5.82 Å². The first-order valence-electron chi connectivity index (χ1n) is 22.3. The molecule has 63 heavy (non-hydrogen) atoms. The van der Waals surface area contributed by atoms with Gasteiger partial charge in [0.2, 0.25) is 27.4 Å². The van der Waals surface area contributed by atoms with Gasteiger partial charge < -0.3 is 29.4 Å². The maximum absolute atomic E-state index is 14.8. The summed E-state index contributed by atoms with van der Waals surface area (Å²) in [6.45, 7) is 4.14. The summed E-state index contributed by atoms with van der Waals surface area (Å²) in [6, 6.07) is 10.9. The predicted molar refractivity (Wildman–Crippen MR) is 235 cm³/mol. The van der Waals surface area contributed by atoms with E-state index in [1.165, 1.54) is 4.90 Å². The smallest absolute Gasteiger partial charge is 0.408 e. The Morgan fingerprint density at radius 2 is 1.73 bits per heavy atom. The van der Waals surface area contributed by atoms with Crippen LogP contribution in [0.5, 0.6) is 5.88 Å². The molecule has 4 heterocycles. The maximum atomic E-state index is 14.8. The van der Waals surface area contributed by atoms with Crippen molar-refractivity contribution in [2.45, 2.75) is 138 Å². The normalized spacial score (nSPS) is 26.4. The molecule has 3 aliphatic carbocycles. The summed E-state index contributed by atoms with van der Waals surface area (Å²) in [4.78, 5) is 67.9. The number of amides is 4. The molecule has 5 atom stereocenters. The monoisotopic (exact) mass is 900 g/mol. The van der Waals surface area contributed by atoms with Crippen molar-refractivity contribution in [3.05, 3.63) is 65.2 Å². The Bertz CT molecular complexity index is 2570. The van der Waals surface area contributed by atoms with Gasteiger partial charge in [-0.15, -0.1) is 0 Å². The van der Waals surface area contributed by atoms with Gasteiger partial charge >= 0.3 is 6.09 Å². The molecule has 4 fully saturated rings. The van der Waals surface area contributed by atoms with E-state index in [0.717, 1.165) is 49.7 Å². The molecule has 5 aliphatic rings. The minimum atomic E-state index is -3.93. The average Bonchev–Trinajstić information content (AvgIpc) is 4.07. The van der Waals surface area contributed by atoms with E-state index in [4.69, 9.17) is 35.5 Å². The Kier molecular flexibility index (Phi) is 11.9. The fraction of sp³-hybridized carbons (Fsp3) is 0.522. The molecule has 3 N–H and O–H groups in total. The molecule has 17 heteroatoms. The highest BCUT2D eigenvalue weighted by Crippen LogP contribution is 2.46. The van der Waals surface area contributed by atoms with Crippen molar-refractivity contribution in [2.24, 2.45) is 5.92 Å². The zero-order valence-corrected chi connectivity index (χ0v) is 37.0. The van der Waals surface area contributed by atoms with Crippen molar-refractivity contribution in [3.63, 3.8) is 0 Å². The van der Waals surface area contributed by atoms with Crippen molar-refractivity contribution in [1.29, 1.82) is 0 Å². The number of ether oxygens (including phenoxy) is 2. The molecule has 9 rings (SSSR count). The average molecular weight is 901 g/mol. The third kappa shape index (κ3) is 9.11. The fourth-order valence-corrected chi connectivity index (χ4v) is 10.7. The first-order chi connectivity index (χ1) is 30.3. The van der Waals surface area contributed by atoms with Crippen LogP contribution in [0.1, 0.15) is 109 Å². The van der Waals surface area contributed by atoms with Gasteiger partial charge in [0.1, 0.15) is 40.9 Å². The van der Waals surface area contributed by atoms with E-state index in [0.29, 0.717) is 65.4 Å². The lowest BCUT2D eigenvalue weighted by Crippen LogP contribution is -2.58. The number of sulfonamides is 1. The number of alkyl carbamates (subject to hydrolysis) is 1. The molecule has 2 aliphatic heterocycles. The summed E-state index contributed by atoms with van der Waals surface area (Å²) < 4.78 is 46.9. The molecule has 0 bridgehead atoms. The second kappa shape index (κ2) is 17.4. The number of carbonyl (C=O) groups is 4. The summed E-state index contributed by atoms with van der Waals surface area (Å²) in [7, 11) is -3.93. The fourth-order valence-electron chi connectivity index (χ4n) is 9.16. The summed E-state index contributed by atoms with van der Waals surface area (Å²) in [5, 5.41) is 6.23. The Morgan fingerprint density at radius 3 is 2.48 bits per heavy atom. The number of allylic oxidation sites excluding steroid dienone is 1. The third-order valence-electron chi connectivity index (χ3n) is 13.1. The van der Waals surface area contributed by atoms with Crippen LogP contribution in [0.3, 0.4) is 0 Å². The highest BCUT2D eigenvalue weighted by Gasteiger charge is 2.62. The number of carbonyl (C=O) groups excluding carboxylic acids is 4. The number of nitrogens with one attached hydrogen (secondary N) is 3. The van der Waals surface area contributed by atoms with Crippen LogP contribution in [0.2, 0.25) is 5.02 Å². The molecule has 3 saturated carbocycles. The first kappa shape index (κ1) is 43.1. The van der Waals surface area contributed by atoms with Crippen molar-refractivity contribution in [2.75, 3.05) is 6.54 Å². The molecule has 2 aromatic carbocycles. The highest BCUT2D eigenvalue weighted by molar-refractivity contribution is 7.91. The molecule has 334 valence electrons. The lowest BCUT2D eigenvalue weighted by atomic mass is 10.0. The summed E-state index contributed by atoms with van der Waals surface area (Å²) in [5.41, 5.74) is 1.56. The Labute approximate surface area is 371 Å². The van der Waals surface area contributed by atoms with Gasteiger partial charge in [0, 0.05) is 28.3 Å². The molecule has 2 aromatic heterocycles. The number of hydrogen-bond donors (Lipinski definition) is 3. The lowest BCUT2D eigenvalue weighted by molar-refractivity contribution is -0.141. The Hall–Kier alpha value is -5.22. The molecule has 15 nitrogen and oxygen atoms in total. The highest BCUT2D eigenvalue weighted by atomic mass is 35.5. The number of aromatic nitrogens is 2. The number of benzene rings is 2. The summed E-state index contributed by atoms with van der Waals surface area (Å²) >= 11 is 6.44. The summed E-state index contributed by atoms with van der Waals surface area (Å²) in [5.74, 6) is -1.64. The van der Waals surface area contributed by atoms with Crippen molar-refractivity contribution >= 4 is 67.5 Å². The van der Waals surface area contributed by atoms with Gasteiger partial charge in [0.05, 0.1) is 11.8 Å². The first-order valence-corrected chi connectivity index (χ1v) is 24.2. The lowest BCUT2D eigenvalue weighted by Gasteiger charge is -2.30. The van der Waals surface area contributed by atoms with Crippen LogP contribution in [0.25, 0.3) is 33.5 Å². The molecule has 4 aromatic rings. The number of furan rings is 1. The SMILES string of the molecule is CC(C)c1ccc(-c2nc(O[C@@H]3C[C@H]4C(=O)N[C@]5(C(=O)NS(=O)(=O)C6CC6)C[C@@H]5/C=C\CCCCC[C@H](NC(=O)OC5CCCC5)C(=O)N4C3)c3oc4ccc(Cl)cc4c3n2)cc1. The van der Waals surface area contributed by atoms with Crippen LogP contribution in [-0.4, -0.2) is 88.7 Å². The van der Waals surface area contributed by atoms with Crippen LogP contribution in [0.4, 0.5) is 4.79 Å². The molecule has 1 saturated heterocycles. The van der Waals surface area contributed by atoms with Crippen LogP contribution < -0.4 is 20.1 Å². The zero-order valence-electron chi connectivity index (χ0n) is 35.4. The van der Waals surface area contributed by atoms with Gasteiger partial charge in [-0.25, -0.2) is 18.2 Å². The summed E-state index contributed by atoms with van der Waals surface area (Å²) in [6.07, 6.45) is 9.73. The standard InChI is InChI=1S/C46H53ClN6O9S/c1-26(2)27-14-16-28(17-15-27)40-49-38-34-22-30(47)18-21-37(34)62-39(38)42(50-40)60-32-23-36-41(54)51-46(44(56)52-63(58,59)33-19-20-33)24-29(46)10-6-4-3-5-7-13-35(43(55)53(36)25-32)48-45(57)61-31-11-8-9-12-31/h6,10,14-18,21-22,26,29,31-33,35-36H,3-5,7-9,11-13,19-20,23-25H2,1-2H3,(H,48,57)(H,51,54)(H,52,56)/b10-6-/t29-,32+,35-,36-,46+/m0/s1. The van der Waals surface area contributed by atoms with Crippen LogP contribution in [-0.2, 0) is 29.1 Å². The minimum Gasteiger partial charge on any atom is -0.470 e. The topological polar surface area (TPSA) is 199 Å². The zero-order chi connectivity index (χ0) is 44.0. The Balaban J connectivity index is 1.06. The van der Waals surface area contributed by atoms with Crippen molar-refractivity contribution < 1.29 is 41.5 Å². The Morgan fingerprint density at radius 1 is 0.968 bits per heavy atom.